The molecule has 20 heavy (non-hydrogen) atoms. The van der Waals surface area contributed by atoms with Crippen LogP contribution >= 0.6 is 43.5 Å². The Morgan fingerprint density at radius 2 is 2.00 bits per heavy atom. The summed E-state index contributed by atoms with van der Waals surface area (Å²) in [7, 11) is 1.56. The molecule has 0 aromatic heterocycles. The average Bonchev–Trinajstić information content (AvgIpc) is 2.41. The van der Waals surface area contributed by atoms with Crippen LogP contribution in [0.1, 0.15) is 5.56 Å². The molecular weight excluding hydrogens is 409 g/mol. The van der Waals surface area contributed by atoms with Gasteiger partial charge < -0.3 is 9.84 Å². The number of rotatable bonds is 3. The number of hydrogen-bond acceptors (Lipinski definition) is 3. The van der Waals surface area contributed by atoms with E-state index in [9.17, 15) is 5.11 Å². The van der Waals surface area contributed by atoms with Crippen LogP contribution in [0.25, 0.3) is 0 Å². The average molecular weight is 420 g/mol. The molecular formula is C14H10Br2ClNO2. The molecule has 0 aliphatic heterocycles. The first-order chi connectivity index (χ1) is 9.51. The van der Waals surface area contributed by atoms with Crippen LogP contribution in [0.2, 0.25) is 5.02 Å². The van der Waals surface area contributed by atoms with E-state index in [1.807, 2.05) is 0 Å². The Balaban J connectivity index is 2.32. The summed E-state index contributed by atoms with van der Waals surface area (Å²) in [5.41, 5.74) is 1.27. The first kappa shape index (κ1) is 15.4. The van der Waals surface area contributed by atoms with Crippen molar-refractivity contribution in [3.8, 4) is 11.5 Å². The minimum absolute atomic E-state index is 0.136. The molecule has 0 amide bonds. The highest BCUT2D eigenvalue weighted by molar-refractivity contribution is 9.11. The van der Waals surface area contributed by atoms with Gasteiger partial charge in [-0.2, -0.15) is 0 Å². The molecule has 2 aromatic carbocycles. The molecule has 0 saturated heterocycles. The quantitative estimate of drug-likeness (QED) is 0.684. The summed E-state index contributed by atoms with van der Waals surface area (Å²) in [5.74, 6) is 0.732. The van der Waals surface area contributed by atoms with Crippen molar-refractivity contribution in [1.29, 1.82) is 0 Å². The van der Waals surface area contributed by atoms with Gasteiger partial charge in [0, 0.05) is 16.3 Å². The molecule has 0 unspecified atom stereocenters. The molecule has 0 heterocycles. The molecule has 2 aromatic rings. The first-order valence-electron chi connectivity index (χ1n) is 5.57. The topological polar surface area (TPSA) is 41.8 Å². The molecule has 0 fully saturated rings. The zero-order valence-electron chi connectivity index (χ0n) is 10.4. The summed E-state index contributed by atoms with van der Waals surface area (Å²) in [4.78, 5) is 4.29. The molecule has 0 bridgehead atoms. The van der Waals surface area contributed by atoms with Crippen LogP contribution < -0.4 is 4.74 Å². The van der Waals surface area contributed by atoms with Gasteiger partial charge in [-0.3, -0.25) is 4.99 Å². The van der Waals surface area contributed by atoms with Gasteiger partial charge in [0.1, 0.15) is 11.5 Å². The third-order valence-electron chi connectivity index (χ3n) is 2.55. The molecule has 3 nitrogen and oxygen atoms in total. The van der Waals surface area contributed by atoms with Crippen LogP contribution in [0.4, 0.5) is 5.69 Å². The lowest BCUT2D eigenvalue weighted by molar-refractivity contribution is 0.415. The van der Waals surface area contributed by atoms with Crippen LogP contribution in [-0.2, 0) is 0 Å². The fourth-order valence-electron chi connectivity index (χ4n) is 1.56. The lowest BCUT2D eigenvalue weighted by Gasteiger charge is -2.04. The van der Waals surface area contributed by atoms with Crippen molar-refractivity contribution >= 4 is 55.4 Å². The van der Waals surface area contributed by atoms with E-state index >= 15 is 0 Å². The number of aromatic hydroxyl groups is 1. The monoisotopic (exact) mass is 417 g/mol. The third-order valence-corrected chi connectivity index (χ3v) is 3.90. The van der Waals surface area contributed by atoms with Crippen molar-refractivity contribution in [2.24, 2.45) is 4.99 Å². The zero-order valence-corrected chi connectivity index (χ0v) is 14.3. The normalized spacial score (nSPS) is 11.0. The summed E-state index contributed by atoms with van der Waals surface area (Å²) in [5, 5.41) is 10.4. The van der Waals surface area contributed by atoms with E-state index in [2.05, 4.69) is 36.9 Å². The number of phenolic OH excluding ortho intramolecular Hbond substituents is 1. The molecule has 1 N–H and O–H groups in total. The number of phenols is 1. The smallest absolute Gasteiger partial charge is 0.138 e. The number of benzene rings is 2. The third kappa shape index (κ3) is 3.53. The van der Waals surface area contributed by atoms with E-state index in [0.717, 1.165) is 4.47 Å². The largest absolute Gasteiger partial charge is 0.506 e. The Morgan fingerprint density at radius 1 is 1.25 bits per heavy atom. The minimum atomic E-state index is 0.136. The van der Waals surface area contributed by atoms with Crippen molar-refractivity contribution in [1.82, 2.24) is 0 Å². The molecule has 6 heteroatoms. The first-order valence-corrected chi connectivity index (χ1v) is 7.53. The van der Waals surface area contributed by atoms with Crippen LogP contribution in [0, 0.1) is 0 Å². The van der Waals surface area contributed by atoms with Gasteiger partial charge in [0.2, 0.25) is 0 Å². The van der Waals surface area contributed by atoms with E-state index in [-0.39, 0.29) is 5.75 Å². The standard InChI is InChI=1S/C14H10Br2ClNO2/c1-20-13-3-2-10(6-12(13)17)18-7-8-4-9(15)5-11(16)14(8)19/h2-7,19H,1H3. The second-order valence-electron chi connectivity index (χ2n) is 3.90. The maximum Gasteiger partial charge on any atom is 0.138 e. The number of methoxy groups -OCH3 is 1. The van der Waals surface area contributed by atoms with Crippen molar-refractivity contribution in [2.75, 3.05) is 7.11 Å². The van der Waals surface area contributed by atoms with Gasteiger partial charge >= 0.3 is 0 Å². The van der Waals surface area contributed by atoms with Crippen molar-refractivity contribution in [3.63, 3.8) is 0 Å². The second kappa shape index (κ2) is 6.61. The van der Waals surface area contributed by atoms with Crippen LogP contribution in [0.3, 0.4) is 0 Å². The highest BCUT2D eigenvalue weighted by Gasteiger charge is 2.06. The second-order valence-corrected chi connectivity index (χ2v) is 6.08. The highest BCUT2D eigenvalue weighted by Crippen LogP contribution is 2.32. The van der Waals surface area contributed by atoms with Crippen molar-refractivity contribution in [2.45, 2.75) is 0 Å². The van der Waals surface area contributed by atoms with Crippen LogP contribution in [0.15, 0.2) is 44.3 Å². The Morgan fingerprint density at radius 3 is 2.65 bits per heavy atom. The predicted molar refractivity (Wildman–Crippen MR) is 88.8 cm³/mol. The van der Waals surface area contributed by atoms with E-state index < -0.39 is 0 Å². The van der Waals surface area contributed by atoms with Gasteiger partial charge in [0.15, 0.2) is 0 Å². The van der Waals surface area contributed by atoms with Gasteiger partial charge in [0.25, 0.3) is 0 Å². The number of nitrogens with zero attached hydrogens (tertiary/aromatic N) is 1. The van der Waals surface area contributed by atoms with Gasteiger partial charge in [-0.05, 0) is 46.3 Å². The Labute approximate surface area is 138 Å². The molecule has 0 atom stereocenters. The predicted octanol–water partition coefficient (Wildman–Crippen LogP) is 5.33. The summed E-state index contributed by atoms with van der Waals surface area (Å²) in [6, 6.07) is 8.75. The minimum Gasteiger partial charge on any atom is -0.506 e. The maximum atomic E-state index is 9.93. The lowest BCUT2D eigenvalue weighted by atomic mass is 10.2. The fraction of sp³-hybridized carbons (Fsp3) is 0.0714. The SMILES string of the molecule is COc1ccc(N=Cc2cc(Br)cc(Br)c2O)cc1Cl. The molecule has 0 aliphatic carbocycles. The van der Waals surface area contributed by atoms with Crippen molar-refractivity contribution < 1.29 is 9.84 Å². The van der Waals surface area contributed by atoms with Gasteiger partial charge in [-0.25, -0.2) is 0 Å². The van der Waals surface area contributed by atoms with Crippen LogP contribution in [-0.4, -0.2) is 18.4 Å². The summed E-state index contributed by atoms with van der Waals surface area (Å²) < 4.78 is 6.52. The maximum absolute atomic E-state index is 9.93. The summed E-state index contributed by atoms with van der Waals surface area (Å²) in [6.07, 6.45) is 1.57. The zero-order chi connectivity index (χ0) is 14.7. The van der Waals surface area contributed by atoms with E-state index in [4.69, 9.17) is 16.3 Å². The molecule has 0 saturated carbocycles. The summed E-state index contributed by atoms with van der Waals surface area (Å²) >= 11 is 12.7. The lowest BCUT2D eigenvalue weighted by Crippen LogP contribution is -1.85. The number of aliphatic imine (C=N–C) groups is 1. The molecule has 104 valence electrons. The van der Waals surface area contributed by atoms with Gasteiger partial charge in [-0.15, -0.1) is 0 Å². The van der Waals surface area contributed by atoms with Gasteiger partial charge in [-0.1, -0.05) is 27.5 Å². The molecule has 2 rings (SSSR count). The van der Waals surface area contributed by atoms with Crippen LogP contribution in [0.5, 0.6) is 11.5 Å². The van der Waals surface area contributed by atoms with E-state index in [1.54, 1.807) is 43.7 Å². The fourth-order valence-corrected chi connectivity index (χ4v) is 3.07. The Bertz CT molecular complexity index is 674. The Hall–Kier alpha value is -1.04. The van der Waals surface area contributed by atoms with E-state index in [1.165, 1.54) is 0 Å². The summed E-state index contributed by atoms with van der Waals surface area (Å²) in [6.45, 7) is 0. The highest BCUT2D eigenvalue weighted by atomic mass is 79.9. The van der Waals surface area contributed by atoms with Crippen molar-refractivity contribution in [3.05, 3.63) is 49.9 Å². The number of ether oxygens (including phenoxy) is 1. The molecule has 0 spiro atoms. The van der Waals surface area contributed by atoms with Gasteiger partial charge in [0.05, 0.1) is 22.3 Å². The van der Waals surface area contributed by atoms with E-state index in [0.29, 0.717) is 26.5 Å². The number of halogens is 3. The molecule has 0 aliphatic rings. The Kier molecular flexibility index (Phi) is 5.07. The number of hydrogen-bond donors (Lipinski definition) is 1. The molecule has 0 radical (unpaired) electrons.